The maximum Gasteiger partial charge on any atom is 0.306 e. The van der Waals surface area contributed by atoms with Crippen LogP contribution < -0.4 is 4.74 Å². The van der Waals surface area contributed by atoms with E-state index in [4.69, 9.17) is 4.74 Å². The van der Waals surface area contributed by atoms with Gasteiger partial charge >= 0.3 is 10.2 Å². The molecule has 0 amide bonds. The summed E-state index contributed by atoms with van der Waals surface area (Å²) in [6.07, 6.45) is 0. The minimum absolute atomic E-state index is 0.343. The predicted molar refractivity (Wildman–Crippen MR) is 51.5 cm³/mol. The van der Waals surface area contributed by atoms with Gasteiger partial charge in [-0.15, -0.1) is 3.89 Å². The maximum atomic E-state index is 12.4. The number of hydrogen-bond donors (Lipinski definition) is 0. The molecule has 78 valence electrons. The maximum absolute atomic E-state index is 12.4. The summed E-state index contributed by atoms with van der Waals surface area (Å²) in [6.45, 7) is 1.80. The monoisotopic (exact) mass is 218 g/mol. The highest BCUT2D eigenvalue weighted by Crippen LogP contribution is 2.22. The van der Waals surface area contributed by atoms with E-state index in [9.17, 15) is 12.3 Å². The molecule has 0 N–H and O–H groups in total. The average molecular weight is 218 g/mol. The largest absolute Gasteiger partial charge is 0.496 e. The van der Waals surface area contributed by atoms with Crippen molar-refractivity contribution in [2.75, 3.05) is 7.11 Å². The summed E-state index contributed by atoms with van der Waals surface area (Å²) in [7, 11) is -3.09. The normalized spacial score (nSPS) is 11.4. The highest BCUT2D eigenvalue weighted by molar-refractivity contribution is 7.85. The minimum Gasteiger partial charge on any atom is -0.496 e. The summed E-state index contributed by atoms with van der Waals surface area (Å²) in [4.78, 5) is 0. The first-order chi connectivity index (χ1) is 6.42. The van der Waals surface area contributed by atoms with Gasteiger partial charge in [0, 0.05) is 5.56 Å². The molecule has 0 aliphatic heterocycles. The summed E-state index contributed by atoms with van der Waals surface area (Å²) >= 11 is 0. The molecular formula is C9H11FO3S. The number of benzene rings is 1. The Labute approximate surface area is 82.7 Å². The van der Waals surface area contributed by atoms with Crippen LogP contribution in [0.5, 0.6) is 5.75 Å². The first-order valence-corrected chi connectivity index (χ1v) is 5.53. The molecule has 0 aliphatic rings. The van der Waals surface area contributed by atoms with Crippen LogP contribution in [0.2, 0.25) is 0 Å². The van der Waals surface area contributed by atoms with Crippen molar-refractivity contribution in [2.45, 2.75) is 12.7 Å². The molecule has 14 heavy (non-hydrogen) atoms. The molecule has 0 fully saturated rings. The number of aryl methyl sites for hydroxylation is 1. The van der Waals surface area contributed by atoms with Crippen LogP contribution in [0, 0.1) is 6.92 Å². The summed E-state index contributed by atoms with van der Waals surface area (Å²) < 4.78 is 38.3. The van der Waals surface area contributed by atoms with Gasteiger partial charge in [0.1, 0.15) is 11.5 Å². The molecular weight excluding hydrogens is 207 g/mol. The van der Waals surface area contributed by atoms with Crippen LogP contribution in [0.4, 0.5) is 3.89 Å². The lowest BCUT2D eigenvalue weighted by molar-refractivity contribution is 0.410. The van der Waals surface area contributed by atoms with Crippen molar-refractivity contribution in [3.05, 3.63) is 29.3 Å². The zero-order valence-corrected chi connectivity index (χ0v) is 8.77. The van der Waals surface area contributed by atoms with E-state index in [2.05, 4.69) is 0 Å². The molecule has 0 atom stereocenters. The Morgan fingerprint density at radius 2 is 2.07 bits per heavy atom. The van der Waals surface area contributed by atoms with Crippen LogP contribution in [-0.4, -0.2) is 15.5 Å². The Balaban J connectivity index is 3.11. The Morgan fingerprint density at radius 1 is 1.43 bits per heavy atom. The second kappa shape index (κ2) is 3.96. The van der Waals surface area contributed by atoms with Crippen molar-refractivity contribution in [1.29, 1.82) is 0 Å². The van der Waals surface area contributed by atoms with Crippen molar-refractivity contribution in [3.63, 3.8) is 0 Å². The summed E-state index contributed by atoms with van der Waals surface area (Å²) in [6, 6.07) is 4.99. The van der Waals surface area contributed by atoms with Gasteiger partial charge in [-0.2, -0.15) is 8.42 Å². The SMILES string of the molecule is COc1ccc(C)cc1CS(=O)(=O)F. The fraction of sp³-hybridized carbons (Fsp3) is 0.333. The number of halogens is 1. The van der Waals surface area contributed by atoms with Gasteiger partial charge in [0.25, 0.3) is 0 Å². The molecule has 3 nitrogen and oxygen atoms in total. The molecule has 0 aliphatic carbocycles. The number of rotatable bonds is 3. The second-order valence-corrected chi connectivity index (χ2v) is 4.36. The second-order valence-electron chi connectivity index (χ2n) is 3.00. The molecule has 1 aromatic carbocycles. The molecule has 0 spiro atoms. The third-order valence-corrected chi connectivity index (χ3v) is 2.42. The lowest BCUT2D eigenvalue weighted by Crippen LogP contribution is -1.99. The van der Waals surface area contributed by atoms with Crippen molar-refractivity contribution in [2.24, 2.45) is 0 Å². The van der Waals surface area contributed by atoms with E-state index in [1.165, 1.54) is 7.11 Å². The minimum atomic E-state index is -4.51. The molecule has 5 heteroatoms. The lowest BCUT2D eigenvalue weighted by Gasteiger charge is -2.06. The van der Waals surface area contributed by atoms with Crippen LogP contribution in [0.15, 0.2) is 18.2 Å². The van der Waals surface area contributed by atoms with Gasteiger partial charge in [-0.1, -0.05) is 17.7 Å². The summed E-state index contributed by atoms with van der Waals surface area (Å²) in [5.74, 6) is -0.255. The van der Waals surface area contributed by atoms with E-state index in [0.29, 0.717) is 11.3 Å². The molecule has 1 rings (SSSR count). The van der Waals surface area contributed by atoms with Crippen LogP contribution in [-0.2, 0) is 16.0 Å². The fourth-order valence-electron chi connectivity index (χ4n) is 1.21. The van der Waals surface area contributed by atoms with Gasteiger partial charge in [-0.3, -0.25) is 0 Å². The van der Waals surface area contributed by atoms with Crippen molar-refractivity contribution in [1.82, 2.24) is 0 Å². The molecule has 0 saturated heterocycles. The molecule has 0 radical (unpaired) electrons. The first-order valence-electron chi connectivity index (χ1n) is 3.98. The van der Waals surface area contributed by atoms with E-state index >= 15 is 0 Å². The van der Waals surface area contributed by atoms with Gasteiger partial charge in [0.2, 0.25) is 0 Å². The number of hydrogen-bond acceptors (Lipinski definition) is 3. The van der Waals surface area contributed by atoms with Crippen LogP contribution >= 0.6 is 0 Å². The van der Waals surface area contributed by atoms with Gasteiger partial charge in [-0.25, -0.2) is 0 Å². The van der Waals surface area contributed by atoms with Crippen molar-refractivity contribution < 1.29 is 17.0 Å². The van der Waals surface area contributed by atoms with Gasteiger partial charge in [0.15, 0.2) is 0 Å². The predicted octanol–water partition coefficient (Wildman–Crippen LogP) is 1.80. The topological polar surface area (TPSA) is 43.4 Å². The van der Waals surface area contributed by atoms with Crippen LogP contribution in [0.25, 0.3) is 0 Å². The Kier molecular flexibility index (Phi) is 3.10. The van der Waals surface area contributed by atoms with E-state index in [1.54, 1.807) is 25.1 Å². The van der Waals surface area contributed by atoms with Crippen LogP contribution in [0.1, 0.15) is 11.1 Å². The lowest BCUT2D eigenvalue weighted by atomic mass is 10.1. The Morgan fingerprint density at radius 3 is 2.57 bits per heavy atom. The number of methoxy groups -OCH3 is 1. The van der Waals surface area contributed by atoms with E-state index in [-0.39, 0.29) is 0 Å². The standard InChI is InChI=1S/C9H11FO3S/c1-7-3-4-9(13-2)8(5-7)6-14(10,11)12/h3-5H,6H2,1-2H3. The van der Waals surface area contributed by atoms with Gasteiger partial charge in [-0.05, 0) is 13.0 Å². The molecule has 1 aromatic rings. The smallest absolute Gasteiger partial charge is 0.306 e. The highest BCUT2D eigenvalue weighted by atomic mass is 32.3. The van der Waals surface area contributed by atoms with Gasteiger partial charge < -0.3 is 4.74 Å². The Bertz CT molecular complexity index is 426. The number of ether oxygens (including phenoxy) is 1. The van der Waals surface area contributed by atoms with E-state index < -0.39 is 16.0 Å². The molecule has 0 bridgehead atoms. The average Bonchev–Trinajstić information content (AvgIpc) is 2.01. The van der Waals surface area contributed by atoms with E-state index in [0.717, 1.165) is 5.56 Å². The molecule has 0 saturated carbocycles. The molecule has 0 unspecified atom stereocenters. The van der Waals surface area contributed by atoms with Gasteiger partial charge in [0.05, 0.1) is 7.11 Å². The summed E-state index contributed by atoms with van der Waals surface area (Å²) in [5, 5.41) is 0. The quantitative estimate of drug-likeness (QED) is 0.726. The highest BCUT2D eigenvalue weighted by Gasteiger charge is 2.13. The third-order valence-electron chi connectivity index (χ3n) is 1.76. The fourth-order valence-corrected chi connectivity index (χ4v) is 1.80. The molecule has 0 aromatic heterocycles. The zero-order valence-electron chi connectivity index (χ0n) is 7.95. The van der Waals surface area contributed by atoms with Crippen molar-refractivity contribution in [3.8, 4) is 5.75 Å². The zero-order chi connectivity index (χ0) is 10.8. The van der Waals surface area contributed by atoms with E-state index in [1.807, 2.05) is 0 Å². The third kappa shape index (κ3) is 2.99. The summed E-state index contributed by atoms with van der Waals surface area (Å²) in [5.41, 5.74) is 1.21. The van der Waals surface area contributed by atoms with Crippen molar-refractivity contribution >= 4 is 10.2 Å². The first kappa shape index (κ1) is 11.0. The van der Waals surface area contributed by atoms with Crippen LogP contribution in [0.3, 0.4) is 0 Å². The molecule has 0 heterocycles. The Hall–Kier alpha value is -1.10.